The SMILES string of the molecule is CCn1ncc2c(NC3CCC(=O)CC3)c(C(=O)NC(C)c3ccccc3)cnc21. The third kappa shape index (κ3) is 4.06. The Labute approximate surface area is 175 Å². The summed E-state index contributed by atoms with van der Waals surface area (Å²) in [6, 6.07) is 9.89. The maximum Gasteiger partial charge on any atom is 0.255 e. The molecule has 0 radical (unpaired) electrons. The van der Waals surface area contributed by atoms with Gasteiger partial charge in [0.1, 0.15) is 5.78 Å². The van der Waals surface area contributed by atoms with Gasteiger partial charge < -0.3 is 10.6 Å². The average molecular weight is 406 g/mol. The van der Waals surface area contributed by atoms with Crippen LogP contribution in [0.3, 0.4) is 0 Å². The minimum absolute atomic E-state index is 0.132. The van der Waals surface area contributed by atoms with Crippen LogP contribution in [0.25, 0.3) is 11.0 Å². The number of nitrogens with one attached hydrogen (secondary N) is 2. The van der Waals surface area contributed by atoms with Crippen LogP contribution in [0, 0.1) is 0 Å². The first-order chi connectivity index (χ1) is 14.6. The first-order valence-electron chi connectivity index (χ1n) is 10.6. The third-order valence-corrected chi connectivity index (χ3v) is 5.75. The van der Waals surface area contributed by atoms with Gasteiger partial charge in [-0.3, -0.25) is 9.59 Å². The lowest BCUT2D eigenvalue weighted by atomic mass is 9.94. The fourth-order valence-electron chi connectivity index (χ4n) is 3.97. The third-order valence-electron chi connectivity index (χ3n) is 5.75. The lowest BCUT2D eigenvalue weighted by Gasteiger charge is -2.25. The van der Waals surface area contributed by atoms with Crippen LogP contribution < -0.4 is 10.6 Å². The molecule has 1 atom stereocenters. The van der Waals surface area contributed by atoms with Gasteiger partial charge in [-0.2, -0.15) is 5.10 Å². The molecule has 1 amide bonds. The lowest BCUT2D eigenvalue weighted by Crippen LogP contribution is -2.30. The number of nitrogens with zero attached hydrogens (tertiary/aromatic N) is 3. The van der Waals surface area contributed by atoms with Crippen LogP contribution in [0.15, 0.2) is 42.7 Å². The maximum atomic E-state index is 13.2. The fourth-order valence-corrected chi connectivity index (χ4v) is 3.97. The van der Waals surface area contributed by atoms with Gasteiger partial charge in [0.2, 0.25) is 0 Å². The molecule has 4 rings (SSSR count). The van der Waals surface area contributed by atoms with E-state index in [0.29, 0.717) is 30.7 Å². The number of hydrogen-bond acceptors (Lipinski definition) is 5. The van der Waals surface area contributed by atoms with E-state index >= 15 is 0 Å². The number of ketones is 1. The number of rotatable bonds is 6. The van der Waals surface area contributed by atoms with Crippen molar-refractivity contribution in [2.75, 3.05) is 5.32 Å². The van der Waals surface area contributed by atoms with Crippen molar-refractivity contribution in [3.8, 4) is 0 Å². The van der Waals surface area contributed by atoms with E-state index in [9.17, 15) is 9.59 Å². The van der Waals surface area contributed by atoms with Crippen molar-refractivity contribution in [2.24, 2.45) is 0 Å². The van der Waals surface area contributed by atoms with Gasteiger partial charge in [0.15, 0.2) is 5.65 Å². The van der Waals surface area contributed by atoms with Crippen LogP contribution >= 0.6 is 0 Å². The number of fused-ring (bicyclic) bond motifs is 1. The van der Waals surface area contributed by atoms with Crippen molar-refractivity contribution in [2.45, 2.75) is 58.2 Å². The quantitative estimate of drug-likeness (QED) is 0.650. The van der Waals surface area contributed by atoms with E-state index in [-0.39, 0.29) is 18.0 Å². The van der Waals surface area contributed by atoms with E-state index in [1.807, 2.05) is 48.9 Å². The Balaban J connectivity index is 1.65. The van der Waals surface area contributed by atoms with Crippen LogP contribution in [-0.2, 0) is 11.3 Å². The number of carbonyl (C=O) groups excluding carboxylic acids is 2. The average Bonchev–Trinajstić information content (AvgIpc) is 3.19. The van der Waals surface area contributed by atoms with Crippen LogP contribution in [0.4, 0.5) is 5.69 Å². The van der Waals surface area contributed by atoms with Gasteiger partial charge in [-0.15, -0.1) is 0 Å². The summed E-state index contributed by atoms with van der Waals surface area (Å²) < 4.78 is 1.82. The second-order valence-corrected chi connectivity index (χ2v) is 7.81. The summed E-state index contributed by atoms with van der Waals surface area (Å²) in [6.07, 6.45) is 6.08. The zero-order valence-electron chi connectivity index (χ0n) is 17.4. The Kier molecular flexibility index (Phi) is 5.79. The molecule has 2 aromatic heterocycles. The van der Waals surface area contributed by atoms with Gasteiger partial charge in [0.05, 0.1) is 28.9 Å². The number of carbonyl (C=O) groups is 2. The zero-order valence-corrected chi connectivity index (χ0v) is 17.4. The smallest absolute Gasteiger partial charge is 0.255 e. The minimum Gasteiger partial charge on any atom is -0.381 e. The molecule has 3 aromatic rings. The van der Waals surface area contributed by atoms with E-state index in [1.54, 1.807) is 12.4 Å². The highest BCUT2D eigenvalue weighted by molar-refractivity contribution is 6.06. The van der Waals surface area contributed by atoms with Crippen molar-refractivity contribution >= 4 is 28.4 Å². The van der Waals surface area contributed by atoms with Crippen molar-refractivity contribution in [1.82, 2.24) is 20.1 Å². The predicted octanol–water partition coefficient (Wildman–Crippen LogP) is 3.87. The van der Waals surface area contributed by atoms with Gasteiger partial charge in [-0.1, -0.05) is 30.3 Å². The van der Waals surface area contributed by atoms with Crippen LogP contribution in [0.1, 0.15) is 61.5 Å². The molecule has 1 saturated carbocycles. The monoisotopic (exact) mass is 405 g/mol. The molecule has 1 aliphatic carbocycles. The molecule has 0 bridgehead atoms. The largest absolute Gasteiger partial charge is 0.381 e. The maximum absolute atomic E-state index is 13.2. The Morgan fingerprint density at radius 3 is 2.63 bits per heavy atom. The Morgan fingerprint density at radius 2 is 1.93 bits per heavy atom. The highest BCUT2D eigenvalue weighted by atomic mass is 16.1. The van der Waals surface area contributed by atoms with Gasteiger partial charge >= 0.3 is 0 Å². The number of Topliss-reactive ketones (excluding diaryl/α,β-unsaturated/α-hetero) is 1. The Hall–Kier alpha value is -3.22. The van der Waals surface area contributed by atoms with Crippen LogP contribution in [0.5, 0.6) is 0 Å². The first kappa shape index (κ1) is 20.1. The van der Waals surface area contributed by atoms with Gasteiger partial charge in [0, 0.05) is 31.6 Å². The van der Waals surface area contributed by atoms with E-state index in [2.05, 4.69) is 20.7 Å². The summed E-state index contributed by atoms with van der Waals surface area (Å²) in [5, 5.41) is 11.9. The standard InChI is InChI=1S/C23H27N5O2/c1-3-28-22-19(14-25-28)21(27-17-9-11-18(29)12-10-17)20(13-24-22)23(30)26-15(2)16-7-5-4-6-8-16/h4-8,13-15,17H,3,9-12H2,1-2H3,(H,24,27)(H,26,30). The second-order valence-electron chi connectivity index (χ2n) is 7.81. The summed E-state index contributed by atoms with van der Waals surface area (Å²) in [5.41, 5.74) is 3.04. The molecule has 7 nitrogen and oxygen atoms in total. The van der Waals surface area contributed by atoms with Gasteiger partial charge in [-0.05, 0) is 32.3 Å². The molecular weight excluding hydrogens is 378 g/mol. The van der Waals surface area contributed by atoms with Crippen molar-refractivity contribution < 1.29 is 9.59 Å². The van der Waals surface area contributed by atoms with Gasteiger partial charge in [0.25, 0.3) is 5.91 Å². The molecule has 0 saturated heterocycles. The number of anilines is 1. The molecular formula is C23H27N5O2. The second kappa shape index (κ2) is 8.65. The van der Waals surface area contributed by atoms with E-state index < -0.39 is 0 Å². The molecule has 2 heterocycles. The van der Waals surface area contributed by atoms with Crippen molar-refractivity contribution in [1.29, 1.82) is 0 Å². The number of amides is 1. The van der Waals surface area contributed by atoms with Crippen LogP contribution in [-0.4, -0.2) is 32.5 Å². The molecule has 2 N–H and O–H groups in total. The fraction of sp³-hybridized carbons (Fsp3) is 0.391. The topological polar surface area (TPSA) is 88.9 Å². The molecule has 7 heteroatoms. The number of pyridine rings is 1. The molecule has 1 fully saturated rings. The lowest BCUT2D eigenvalue weighted by molar-refractivity contribution is -0.120. The molecule has 0 spiro atoms. The molecule has 30 heavy (non-hydrogen) atoms. The number of benzene rings is 1. The molecule has 0 aliphatic heterocycles. The van der Waals surface area contributed by atoms with E-state index in [0.717, 1.165) is 35.1 Å². The Morgan fingerprint density at radius 1 is 1.20 bits per heavy atom. The Bertz CT molecular complexity index is 1050. The summed E-state index contributed by atoms with van der Waals surface area (Å²) >= 11 is 0. The van der Waals surface area contributed by atoms with Crippen molar-refractivity contribution in [3.05, 3.63) is 53.9 Å². The minimum atomic E-state index is -0.181. The van der Waals surface area contributed by atoms with E-state index in [1.165, 1.54) is 0 Å². The van der Waals surface area contributed by atoms with Crippen molar-refractivity contribution in [3.63, 3.8) is 0 Å². The molecule has 1 unspecified atom stereocenters. The molecule has 1 aliphatic rings. The number of hydrogen-bond donors (Lipinski definition) is 2. The normalized spacial score (nSPS) is 15.9. The van der Waals surface area contributed by atoms with Gasteiger partial charge in [-0.25, -0.2) is 9.67 Å². The highest BCUT2D eigenvalue weighted by Crippen LogP contribution is 2.30. The van der Waals surface area contributed by atoms with Crippen LogP contribution in [0.2, 0.25) is 0 Å². The number of aryl methyl sites for hydroxylation is 1. The first-order valence-corrected chi connectivity index (χ1v) is 10.6. The zero-order chi connectivity index (χ0) is 21.1. The summed E-state index contributed by atoms with van der Waals surface area (Å²) in [7, 11) is 0. The summed E-state index contributed by atoms with van der Waals surface area (Å²) in [5.74, 6) is 0.126. The van der Waals surface area contributed by atoms with E-state index in [4.69, 9.17) is 0 Å². The molecule has 1 aromatic carbocycles. The highest BCUT2D eigenvalue weighted by Gasteiger charge is 2.24. The summed E-state index contributed by atoms with van der Waals surface area (Å²) in [4.78, 5) is 29.3. The molecule has 156 valence electrons. The predicted molar refractivity (Wildman–Crippen MR) is 116 cm³/mol. The summed E-state index contributed by atoms with van der Waals surface area (Å²) in [6.45, 7) is 4.68. The number of aromatic nitrogens is 3.